The molecule has 0 saturated heterocycles. The van der Waals surface area contributed by atoms with Gasteiger partial charge >= 0.3 is 0 Å². The lowest BCUT2D eigenvalue weighted by Crippen LogP contribution is -2.17. The minimum Gasteiger partial charge on any atom is -0.313 e. The normalized spacial score (nSPS) is 10.6. The highest BCUT2D eigenvalue weighted by Gasteiger charge is 2.03. The summed E-state index contributed by atoms with van der Waals surface area (Å²) in [7, 11) is 0. The first-order chi connectivity index (χ1) is 15.7. The van der Waals surface area contributed by atoms with Gasteiger partial charge < -0.3 is 10.4 Å². The highest BCUT2D eigenvalue weighted by molar-refractivity contribution is 5.17. The van der Waals surface area contributed by atoms with Crippen LogP contribution in [0.2, 0.25) is 0 Å². The Hall–Kier alpha value is -3.28. The lowest BCUT2D eigenvalue weighted by Gasteiger charge is -2.14. The van der Waals surface area contributed by atoms with Crippen LogP contribution in [0, 0.1) is 0 Å². The van der Waals surface area contributed by atoms with Crippen molar-refractivity contribution in [3.63, 3.8) is 0 Å². The lowest BCUT2D eigenvalue weighted by atomic mass is 10.2. The molecule has 164 valence electrons. The highest BCUT2D eigenvalue weighted by atomic mass is 16.5. The molecule has 0 unspecified atom stereocenters. The molecule has 0 fully saturated rings. The third-order valence-corrected chi connectivity index (χ3v) is 4.83. The molecule has 0 bridgehead atoms. The summed E-state index contributed by atoms with van der Waals surface area (Å²) in [4.78, 5) is 0. The predicted molar refractivity (Wildman–Crippen MR) is 128 cm³/mol. The highest BCUT2D eigenvalue weighted by Crippen LogP contribution is 2.08. The van der Waals surface area contributed by atoms with Crippen LogP contribution in [0.5, 0.6) is 0 Å². The SMILES string of the molecule is ON(Cc1ccccc1)Cc1ccccc1.ON(Cc1ccccc1)Cc1ccccc1. The van der Waals surface area contributed by atoms with Crippen LogP contribution in [0.3, 0.4) is 0 Å². The number of benzene rings is 4. The molecule has 0 radical (unpaired) electrons. The maximum absolute atomic E-state index is 9.79. The largest absolute Gasteiger partial charge is 0.313 e. The van der Waals surface area contributed by atoms with E-state index in [9.17, 15) is 10.4 Å². The maximum atomic E-state index is 9.79. The summed E-state index contributed by atoms with van der Waals surface area (Å²) >= 11 is 0. The van der Waals surface area contributed by atoms with E-state index in [4.69, 9.17) is 0 Å². The van der Waals surface area contributed by atoms with E-state index >= 15 is 0 Å². The fourth-order valence-corrected chi connectivity index (χ4v) is 3.29. The predicted octanol–water partition coefficient (Wildman–Crippen LogP) is 6.16. The quantitative estimate of drug-likeness (QED) is 0.332. The minimum atomic E-state index is 0.551. The van der Waals surface area contributed by atoms with Gasteiger partial charge in [0.15, 0.2) is 0 Å². The second kappa shape index (κ2) is 13.2. The maximum Gasteiger partial charge on any atom is 0.0492 e. The van der Waals surface area contributed by atoms with Gasteiger partial charge in [0.1, 0.15) is 0 Å². The van der Waals surface area contributed by atoms with Crippen LogP contribution >= 0.6 is 0 Å². The van der Waals surface area contributed by atoms with Crippen LogP contribution in [-0.4, -0.2) is 20.5 Å². The van der Waals surface area contributed by atoms with Gasteiger partial charge in [-0.05, 0) is 22.3 Å². The van der Waals surface area contributed by atoms with Gasteiger partial charge in [-0.15, -0.1) is 0 Å². The molecule has 4 nitrogen and oxygen atoms in total. The molecule has 2 N–H and O–H groups in total. The molecule has 0 aliphatic heterocycles. The molecule has 0 aliphatic rings. The summed E-state index contributed by atoms with van der Waals surface area (Å²) in [5, 5.41) is 22.2. The van der Waals surface area contributed by atoms with E-state index in [1.54, 1.807) is 0 Å². The van der Waals surface area contributed by atoms with Crippen molar-refractivity contribution in [1.82, 2.24) is 10.1 Å². The summed E-state index contributed by atoms with van der Waals surface area (Å²) in [5.41, 5.74) is 4.45. The van der Waals surface area contributed by atoms with Crippen molar-refractivity contribution in [3.8, 4) is 0 Å². The first-order valence-corrected chi connectivity index (χ1v) is 10.7. The van der Waals surface area contributed by atoms with E-state index in [1.807, 2.05) is 121 Å². The Kier molecular flexibility index (Phi) is 9.65. The number of hydrogen-bond acceptors (Lipinski definition) is 4. The van der Waals surface area contributed by atoms with Crippen LogP contribution in [-0.2, 0) is 26.2 Å². The summed E-state index contributed by atoms with van der Waals surface area (Å²) < 4.78 is 0. The second-order valence-electron chi connectivity index (χ2n) is 7.59. The summed E-state index contributed by atoms with van der Waals surface area (Å²) in [6, 6.07) is 39.8. The first kappa shape index (κ1) is 23.4. The zero-order chi connectivity index (χ0) is 22.4. The smallest absolute Gasteiger partial charge is 0.0492 e. The van der Waals surface area contributed by atoms with E-state index in [2.05, 4.69) is 0 Å². The third kappa shape index (κ3) is 8.84. The van der Waals surface area contributed by atoms with Gasteiger partial charge in [-0.3, -0.25) is 0 Å². The van der Waals surface area contributed by atoms with Crippen molar-refractivity contribution >= 4 is 0 Å². The van der Waals surface area contributed by atoms with Gasteiger partial charge in [-0.25, -0.2) is 0 Å². The van der Waals surface area contributed by atoms with Crippen molar-refractivity contribution in [2.24, 2.45) is 0 Å². The van der Waals surface area contributed by atoms with Gasteiger partial charge in [0.25, 0.3) is 0 Å². The Morgan fingerprint density at radius 3 is 0.719 bits per heavy atom. The number of nitrogens with zero attached hydrogens (tertiary/aromatic N) is 2. The molecule has 4 heteroatoms. The molecule has 0 amide bonds. The number of hydroxylamine groups is 4. The first-order valence-electron chi connectivity index (χ1n) is 10.7. The molecule has 0 aliphatic carbocycles. The van der Waals surface area contributed by atoms with Crippen LogP contribution in [0.25, 0.3) is 0 Å². The zero-order valence-corrected chi connectivity index (χ0v) is 18.2. The lowest BCUT2D eigenvalue weighted by molar-refractivity contribution is -0.108. The van der Waals surface area contributed by atoms with Crippen LogP contribution < -0.4 is 0 Å². The Bertz CT molecular complexity index is 829. The molecule has 0 spiro atoms. The van der Waals surface area contributed by atoms with Crippen molar-refractivity contribution < 1.29 is 10.4 Å². The Labute approximate surface area is 190 Å². The van der Waals surface area contributed by atoms with Crippen molar-refractivity contribution in [1.29, 1.82) is 0 Å². The van der Waals surface area contributed by atoms with E-state index in [1.165, 1.54) is 10.1 Å². The Morgan fingerprint density at radius 2 is 0.531 bits per heavy atom. The zero-order valence-electron chi connectivity index (χ0n) is 18.2. The average Bonchev–Trinajstić information content (AvgIpc) is 2.82. The minimum absolute atomic E-state index is 0.551. The van der Waals surface area contributed by atoms with Gasteiger partial charge in [0, 0.05) is 26.2 Å². The van der Waals surface area contributed by atoms with E-state index in [-0.39, 0.29) is 0 Å². The van der Waals surface area contributed by atoms with Gasteiger partial charge in [-0.1, -0.05) is 121 Å². The van der Waals surface area contributed by atoms with Gasteiger partial charge in [0.05, 0.1) is 0 Å². The fraction of sp³-hybridized carbons (Fsp3) is 0.143. The molecular formula is C28H30N2O2. The van der Waals surface area contributed by atoms with Crippen molar-refractivity contribution in [2.75, 3.05) is 0 Å². The molecule has 32 heavy (non-hydrogen) atoms. The standard InChI is InChI=1S/2C14H15NO/c2*16-15(11-13-7-3-1-4-8-13)12-14-9-5-2-6-10-14/h2*1-10,16H,11-12H2. The molecule has 0 heterocycles. The topological polar surface area (TPSA) is 46.9 Å². The van der Waals surface area contributed by atoms with Crippen molar-refractivity contribution in [3.05, 3.63) is 144 Å². The van der Waals surface area contributed by atoms with Crippen LogP contribution in [0.1, 0.15) is 22.3 Å². The monoisotopic (exact) mass is 426 g/mol. The van der Waals surface area contributed by atoms with E-state index in [0.717, 1.165) is 22.3 Å². The van der Waals surface area contributed by atoms with E-state index < -0.39 is 0 Å². The van der Waals surface area contributed by atoms with E-state index in [0.29, 0.717) is 26.2 Å². The Balaban J connectivity index is 0.000000181. The van der Waals surface area contributed by atoms with Gasteiger partial charge in [-0.2, -0.15) is 10.1 Å². The van der Waals surface area contributed by atoms with Crippen LogP contribution in [0.4, 0.5) is 0 Å². The van der Waals surface area contributed by atoms with Crippen molar-refractivity contribution in [2.45, 2.75) is 26.2 Å². The number of rotatable bonds is 8. The third-order valence-electron chi connectivity index (χ3n) is 4.83. The fourth-order valence-electron chi connectivity index (χ4n) is 3.29. The average molecular weight is 427 g/mol. The molecule has 0 atom stereocenters. The van der Waals surface area contributed by atoms with Gasteiger partial charge in [0.2, 0.25) is 0 Å². The summed E-state index contributed by atoms with van der Waals surface area (Å²) in [5.74, 6) is 0. The molecular weight excluding hydrogens is 396 g/mol. The molecule has 0 saturated carbocycles. The molecule has 0 aromatic heterocycles. The molecule has 4 rings (SSSR count). The summed E-state index contributed by atoms with van der Waals surface area (Å²) in [6.07, 6.45) is 0. The second-order valence-corrected chi connectivity index (χ2v) is 7.59. The van der Waals surface area contributed by atoms with Crippen LogP contribution in [0.15, 0.2) is 121 Å². The Morgan fingerprint density at radius 1 is 0.344 bits per heavy atom. The molecule has 4 aromatic carbocycles. The number of hydrogen-bond donors (Lipinski definition) is 2. The summed E-state index contributed by atoms with van der Waals surface area (Å²) in [6.45, 7) is 2.21. The molecule has 4 aromatic rings.